The summed E-state index contributed by atoms with van der Waals surface area (Å²) >= 11 is 0. The number of nitrogens with one attached hydrogen (secondary N) is 1. The number of nitrogen functional groups attached to an aromatic ring is 1. The first-order valence-electron chi connectivity index (χ1n) is 21.5. The molecule has 4 heterocycles. The van der Waals surface area contributed by atoms with Gasteiger partial charge in [-0.25, -0.2) is 14.8 Å². The third-order valence-corrected chi connectivity index (χ3v) is 13.3. The monoisotopic (exact) mass is 821 g/mol. The molecule has 59 heavy (non-hydrogen) atoms. The molecule has 0 unspecified atom stereocenters. The molecule has 1 aromatic heterocycles. The van der Waals surface area contributed by atoms with Gasteiger partial charge in [-0.1, -0.05) is 0 Å². The van der Waals surface area contributed by atoms with Crippen molar-refractivity contribution in [3.8, 4) is 5.75 Å². The zero-order valence-corrected chi connectivity index (χ0v) is 35.4. The molecule has 14 heteroatoms. The predicted octanol–water partition coefficient (Wildman–Crippen LogP) is 8.79. The number of halogens is 3. The maximum absolute atomic E-state index is 13.8. The Morgan fingerprint density at radius 1 is 0.864 bits per heavy atom. The zero-order chi connectivity index (χ0) is 42.1. The zero-order valence-electron chi connectivity index (χ0n) is 35.4. The van der Waals surface area contributed by atoms with Gasteiger partial charge in [-0.05, 0) is 158 Å². The highest BCUT2D eigenvalue weighted by molar-refractivity contribution is 5.91. The number of likely N-dealkylation sites (tertiary alicyclic amines) is 3. The molecule has 322 valence electrons. The smallest absolute Gasteiger partial charge is 0.416 e. The van der Waals surface area contributed by atoms with Gasteiger partial charge < -0.3 is 35.2 Å². The number of anilines is 2. The quantitative estimate of drug-likeness (QED) is 0.215. The van der Waals surface area contributed by atoms with Crippen molar-refractivity contribution in [2.45, 2.75) is 116 Å². The minimum Gasteiger partial charge on any atom is -0.496 e. The molecule has 2 aromatic carbocycles. The maximum Gasteiger partial charge on any atom is 0.416 e. The summed E-state index contributed by atoms with van der Waals surface area (Å²) in [6.45, 7) is 13.6. The van der Waals surface area contributed by atoms with Crippen LogP contribution in [0.4, 0.5) is 29.5 Å². The number of hydrogen-bond donors (Lipinski definition) is 2. The van der Waals surface area contributed by atoms with Crippen molar-refractivity contribution < 1.29 is 32.2 Å². The Kier molecular flexibility index (Phi) is 12.6. The number of alkyl halides is 3. The summed E-state index contributed by atoms with van der Waals surface area (Å²) in [4.78, 5) is 42.2. The van der Waals surface area contributed by atoms with Gasteiger partial charge in [0.1, 0.15) is 23.0 Å². The van der Waals surface area contributed by atoms with Gasteiger partial charge in [0.05, 0.1) is 18.2 Å². The molecule has 3 N–H and O–H groups in total. The van der Waals surface area contributed by atoms with Gasteiger partial charge in [-0.2, -0.15) is 13.2 Å². The molecule has 2 amide bonds. The van der Waals surface area contributed by atoms with Crippen LogP contribution in [0.15, 0.2) is 30.3 Å². The second-order valence-corrected chi connectivity index (χ2v) is 18.6. The van der Waals surface area contributed by atoms with Crippen LogP contribution in [0.2, 0.25) is 0 Å². The van der Waals surface area contributed by atoms with Gasteiger partial charge >= 0.3 is 12.3 Å². The molecule has 4 fully saturated rings. The van der Waals surface area contributed by atoms with Crippen molar-refractivity contribution >= 4 is 34.4 Å². The Balaban J connectivity index is 0.891. The van der Waals surface area contributed by atoms with E-state index in [4.69, 9.17) is 15.2 Å². The van der Waals surface area contributed by atoms with Crippen LogP contribution in [0.1, 0.15) is 113 Å². The summed E-state index contributed by atoms with van der Waals surface area (Å²) in [5, 5.41) is 3.99. The average molecular weight is 822 g/mol. The van der Waals surface area contributed by atoms with Crippen molar-refractivity contribution in [2.24, 2.45) is 17.3 Å². The van der Waals surface area contributed by atoms with E-state index in [0.717, 1.165) is 100 Å². The molecule has 11 nitrogen and oxygen atoms in total. The van der Waals surface area contributed by atoms with Crippen LogP contribution in [0, 0.1) is 24.2 Å². The summed E-state index contributed by atoms with van der Waals surface area (Å²) in [6.07, 6.45) is 5.80. The molecule has 1 spiro atoms. The fourth-order valence-electron chi connectivity index (χ4n) is 9.95. The summed E-state index contributed by atoms with van der Waals surface area (Å²) < 4.78 is 51.9. The van der Waals surface area contributed by atoms with E-state index in [1.807, 2.05) is 37.8 Å². The number of fused-ring (bicyclic) bond motifs is 1. The van der Waals surface area contributed by atoms with E-state index in [1.54, 1.807) is 14.0 Å². The molecular formula is C45H62F3N7O4. The first-order valence-corrected chi connectivity index (χ1v) is 21.5. The molecule has 3 aliphatic heterocycles. The number of rotatable bonds is 8. The molecule has 7 rings (SSSR count). The van der Waals surface area contributed by atoms with Crippen LogP contribution in [0.5, 0.6) is 5.75 Å². The lowest BCUT2D eigenvalue weighted by Gasteiger charge is -2.46. The summed E-state index contributed by atoms with van der Waals surface area (Å²) in [5.74, 6) is 2.95. The number of benzene rings is 2. The van der Waals surface area contributed by atoms with Crippen LogP contribution >= 0.6 is 0 Å². The van der Waals surface area contributed by atoms with Gasteiger partial charge in [-0.3, -0.25) is 4.79 Å². The van der Waals surface area contributed by atoms with Crippen LogP contribution in [-0.4, -0.2) is 95.2 Å². The third-order valence-electron chi connectivity index (χ3n) is 13.3. The van der Waals surface area contributed by atoms with Gasteiger partial charge in [0.25, 0.3) is 0 Å². The van der Waals surface area contributed by atoms with E-state index < -0.39 is 17.3 Å². The van der Waals surface area contributed by atoms with Gasteiger partial charge in [0, 0.05) is 62.3 Å². The lowest BCUT2D eigenvalue weighted by Crippen LogP contribution is -2.47. The molecule has 3 aromatic rings. The molecule has 4 aliphatic rings. The molecule has 0 atom stereocenters. The number of aromatic nitrogens is 2. The van der Waals surface area contributed by atoms with E-state index in [9.17, 15) is 22.8 Å². The van der Waals surface area contributed by atoms with Crippen LogP contribution in [0.25, 0.3) is 10.9 Å². The second-order valence-electron chi connectivity index (χ2n) is 18.6. The number of nitrogens with zero attached hydrogens (tertiary/aromatic N) is 5. The Bertz CT molecular complexity index is 1970. The standard InChI is InChI=1S/C45H62F3N7O4/c1-29-51-38-26-39(58-5)36(25-37(38)40(52-29)50-27-31-22-34(45(46,47)48)24-35(49)23-31)32-10-18-54(19-11-32)41(56)33-8-16-53(17-9-33)28-30-6-12-44(13-7-30)14-20-55(21-15-44)42(57)59-43(2,3)4/h22-26,30,32-33H,6-21,27-28,49H2,1-5H3,(H,50,51,52). The van der Waals surface area contributed by atoms with Gasteiger partial charge in [0.15, 0.2) is 0 Å². The number of amides is 2. The molecule has 0 bridgehead atoms. The molecule has 3 saturated heterocycles. The topological polar surface area (TPSA) is 126 Å². The highest BCUT2D eigenvalue weighted by atomic mass is 19.4. The predicted molar refractivity (Wildman–Crippen MR) is 223 cm³/mol. The van der Waals surface area contributed by atoms with E-state index in [-0.39, 0.29) is 36.1 Å². The van der Waals surface area contributed by atoms with E-state index in [0.29, 0.717) is 47.1 Å². The number of aryl methyl sites for hydroxylation is 1. The maximum atomic E-state index is 13.8. The highest BCUT2D eigenvalue weighted by Gasteiger charge is 2.41. The number of carbonyl (C=O) groups excluding carboxylic acids is 2. The van der Waals surface area contributed by atoms with Crippen molar-refractivity contribution in [2.75, 3.05) is 64.0 Å². The number of nitrogens with two attached hydrogens (primary N) is 1. The van der Waals surface area contributed by atoms with Crippen molar-refractivity contribution in [3.63, 3.8) is 0 Å². The number of hydrogen-bond acceptors (Lipinski definition) is 9. The van der Waals surface area contributed by atoms with Crippen LogP contribution in [0.3, 0.4) is 0 Å². The molecular weight excluding hydrogens is 760 g/mol. The lowest BCUT2D eigenvalue weighted by atomic mass is 9.65. The summed E-state index contributed by atoms with van der Waals surface area (Å²) in [5.41, 5.74) is 7.05. The van der Waals surface area contributed by atoms with E-state index in [1.165, 1.54) is 31.7 Å². The number of piperidine rings is 3. The van der Waals surface area contributed by atoms with Crippen molar-refractivity contribution in [3.05, 3.63) is 52.8 Å². The Morgan fingerprint density at radius 2 is 1.54 bits per heavy atom. The Hall–Kier alpha value is -4.33. The number of methoxy groups -OCH3 is 1. The van der Waals surface area contributed by atoms with E-state index >= 15 is 0 Å². The van der Waals surface area contributed by atoms with Crippen LogP contribution < -0.4 is 15.8 Å². The summed E-state index contributed by atoms with van der Waals surface area (Å²) in [7, 11) is 1.64. The van der Waals surface area contributed by atoms with E-state index in [2.05, 4.69) is 25.1 Å². The van der Waals surface area contributed by atoms with Crippen LogP contribution in [-0.2, 0) is 22.3 Å². The highest BCUT2D eigenvalue weighted by Crippen LogP contribution is 2.47. The SMILES string of the molecule is COc1cc2nc(C)nc(NCc3cc(N)cc(C(F)(F)F)c3)c2cc1C1CCN(C(=O)C2CCN(CC3CCC4(CC3)CCN(C(=O)OC(C)(C)C)CC4)CC2)CC1. The van der Waals surface area contributed by atoms with Gasteiger partial charge in [-0.15, -0.1) is 0 Å². The second kappa shape index (κ2) is 17.3. The van der Waals surface area contributed by atoms with Crippen molar-refractivity contribution in [1.29, 1.82) is 0 Å². The fraction of sp³-hybridized carbons (Fsp3) is 0.644. The molecule has 1 aliphatic carbocycles. The summed E-state index contributed by atoms with van der Waals surface area (Å²) in [6, 6.07) is 7.50. The largest absolute Gasteiger partial charge is 0.496 e. The lowest BCUT2D eigenvalue weighted by molar-refractivity contribution is -0.138. The third kappa shape index (κ3) is 10.3. The minimum atomic E-state index is -4.50. The Morgan fingerprint density at radius 3 is 2.17 bits per heavy atom. The normalized spacial score (nSPS) is 20.3. The first-order chi connectivity index (χ1) is 28.0. The molecule has 1 saturated carbocycles. The Labute approximate surface area is 346 Å². The van der Waals surface area contributed by atoms with Gasteiger partial charge in [0.2, 0.25) is 5.91 Å². The number of ether oxygens (including phenoxy) is 2. The first kappa shape index (κ1) is 42.8. The number of carbonyl (C=O) groups is 2. The van der Waals surface area contributed by atoms with Crippen molar-refractivity contribution in [1.82, 2.24) is 24.7 Å². The molecule has 0 radical (unpaired) electrons. The average Bonchev–Trinajstić information content (AvgIpc) is 3.19. The fourth-order valence-corrected chi connectivity index (χ4v) is 9.95. The minimum absolute atomic E-state index is 0.0444.